The van der Waals surface area contributed by atoms with E-state index in [9.17, 15) is 10.1 Å². The zero-order valence-corrected chi connectivity index (χ0v) is 12.6. The first-order valence-electron chi connectivity index (χ1n) is 6.72. The lowest BCUT2D eigenvalue weighted by atomic mass is 10.1. The van der Waals surface area contributed by atoms with E-state index in [1.165, 1.54) is 6.07 Å². The number of nitrogens with zero attached hydrogens (tertiary/aromatic N) is 2. The normalized spacial score (nSPS) is 11.6. The Kier molecular flexibility index (Phi) is 4.09. The number of nitro groups is 1. The van der Waals surface area contributed by atoms with Gasteiger partial charge in [0, 0.05) is 29.3 Å². The van der Waals surface area contributed by atoms with E-state index in [1.54, 1.807) is 25.3 Å². The second kappa shape index (κ2) is 5.65. The molecule has 1 aromatic heterocycles. The summed E-state index contributed by atoms with van der Waals surface area (Å²) in [6.45, 7) is 8.49. The Labute approximate surface area is 123 Å². The molecule has 112 valence electrons. The number of oxazole rings is 1. The molecule has 2 aromatic rings. The van der Waals surface area contributed by atoms with Crippen LogP contribution < -0.4 is 5.32 Å². The average molecular weight is 289 g/mol. The second-order valence-corrected chi connectivity index (χ2v) is 5.95. The van der Waals surface area contributed by atoms with Gasteiger partial charge in [0.05, 0.1) is 10.6 Å². The Morgan fingerprint density at radius 1 is 1.38 bits per heavy atom. The van der Waals surface area contributed by atoms with Crippen molar-refractivity contribution in [1.82, 2.24) is 10.3 Å². The van der Waals surface area contributed by atoms with Crippen LogP contribution in [0.15, 0.2) is 28.9 Å². The van der Waals surface area contributed by atoms with Crippen molar-refractivity contribution in [3.63, 3.8) is 0 Å². The largest absolute Gasteiger partial charge is 0.444 e. The highest BCUT2D eigenvalue weighted by atomic mass is 16.6. The van der Waals surface area contributed by atoms with Gasteiger partial charge in [-0.15, -0.1) is 0 Å². The molecule has 2 rings (SSSR count). The fourth-order valence-electron chi connectivity index (χ4n) is 1.92. The maximum atomic E-state index is 11.0. The molecule has 0 unspecified atom stereocenters. The summed E-state index contributed by atoms with van der Waals surface area (Å²) in [6.07, 6.45) is 1.58. The quantitative estimate of drug-likeness (QED) is 0.688. The van der Waals surface area contributed by atoms with Gasteiger partial charge < -0.3 is 9.73 Å². The summed E-state index contributed by atoms with van der Waals surface area (Å²) in [6, 6.07) is 4.89. The van der Waals surface area contributed by atoms with Gasteiger partial charge in [0.2, 0.25) is 5.89 Å². The minimum Gasteiger partial charge on any atom is -0.444 e. The molecule has 0 aliphatic carbocycles. The van der Waals surface area contributed by atoms with Crippen LogP contribution in [0.2, 0.25) is 0 Å². The SMILES string of the molecule is Cc1c(-c2nc(CNC(C)(C)C)co2)cccc1[N+](=O)[O-]. The second-order valence-electron chi connectivity index (χ2n) is 5.95. The molecule has 0 fully saturated rings. The van der Waals surface area contributed by atoms with Crippen molar-refractivity contribution in [1.29, 1.82) is 0 Å². The van der Waals surface area contributed by atoms with E-state index in [0.717, 1.165) is 5.69 Å². The summed E-state index contributed by atoms with van der Waals surface area (Å²) in [5.74, 6) is 0.405. The van der Waals surface area contributed by atoms with E-state index in [2.05, 4.69) is 31.1 Å². The predicted octanol–water partition coefficient (Wildman–Crippen LogP) is 3.45. The molecule has 1 aromatic carbocycles. The highest BCUT2D eigenvalue weighted by molar-refractivity contribution is 5.64. The van der Waals surface area contributed by atoms with Gasteiger partial charge >= 0.3 is 0 Å². The van der Waals surface area contributed by atoms with Crippen LogP contribution >= 0.6 is 0 Å². The third-order valence-electron chi connectivity index (χ3n) is 3.08. The highest BCUT2D eigenvalue weighted by Crippen LogP contribution is 2.29. The van der Waals surface area contributed by atoms with Gasteiger partial charge in [0.25, 0.3) is 5.69 Å². The fourth-order valence-corrected chi connectivity index (χ4v) is 1.92. The molecule has 1 heterocycles. The van der Waals surface area contributed by atoms with Crippen molar-refractivity contribution >= 4 is 5.69 Å². The van der Waals surface area contributed by atoms with Crippen molar-refractivity contribution in [2.45, 2.75) is 39.8 Å². The lowest BCUT2D eigenvalue weighted by Crippen LogP contribution is -2.35. The topological polar surface area (TPSA) is 81.2 Å². The third-order valence-corrected chi connectivity index (χ3v) is 3.08. The Morgan fingerprint density at radius 2 is 2.10 bits per heavy atom. The number of hydrogen-bond acceptors (Lipinski definition) is 5. The molecule has 1 N–H and O–H groups in total. The molecule has 0 aliphatic heterocycles. The van der Waals surface area contributed by atoms with Crippen LogP contribution in [0.25, 0.3) is 11.5 Å². The molecule has 0 bridgehead atoms. The van der Waals surface area contributed by atoms with Crippen molar-refractivity contribution in [3.8, 4) is 11.5 Å². The number of benzene rings is 1. The Morgan fingerprint density at radius 3 is 2.71 bits per heavy atom. The fraction of sp³-hybridized carbons (Fsp3) is 0.400. The van der Waals surface area contributed by atoms with Crippen LogP contribution in [0, 0.1) is 17.0 Å². The van der Waals surface area contributed by atoms with Crippen molar-refractivity contribution < 1.29 is 9.34 Å². The minimum atomic E-state index is -0.399. The van der Waals surface area contributed by atoms with Crippen LogP contribution in [0.4, 0.5) is 5.69 Å². The summed E-state index contributed by atoms with van der Waals surface area (Å²) in [5.41, 5.74) is 2.03. The molecule has 6 nitrogen and oxygen atoms in total. The van der Waals surface area contributed by atoms with E-state index >= 15 is 0 Å². The third kappa shape index (κ3) is 3.66. The number of nitrogens with one attached hydrogen (secondary N) is 1. The van der Waals surface area contributed by atoms with Gasteiger partial charge in [-0.3, -0.25) is 10.1 Å². The minimum absolute atomic E-state index is 0.0133. The monoisotopic (exact) mass is 289 g/mol. The molecule has 0 radical (unpaired) electrons. The molecule has 0 aliphatic rings. The summed E-state index contributed by atoms with van der Waals surface area (Å²) in [4.78, 5) is 15.0. The Bertz CT molecular complexity index is 656. The summed E-state index contributed by atoms with van der Waals surface area (Å²) in [7, 11) is 0. The van der Waals surface area contributed by atoms with E-state index in [0.29, 0.717) is 23.6 Å². The molecule has 0 spiro atoms. The van der Waals surface area contributed by atoms with Crippen LogP contribution in [0.3, 0.4) is 0 Å². The average Bonchev–Trinajstić information content (AvgIpc) is 2.84. The van der Waals surface area contributed by atoms with Gasteiger partial charge in [0.1, 0.15) is 6.26 Å². The first-order chi connectivity index (χ1) is 9.78. The lowest BCUT2D eigenvalue weighted by molar-refractivity contribution is -0.385. The van der Waals surface area contributed by atoms with Gasteiger partial charge in [-0.05, 0) is 33.8 Å². The first kappa shape index (κ1) is 15.2. The van der Waals surface area contributed by atoms with Gasteiger partial charge in [-0.1, -0.05) is 6.07 Å². The smallest absolute Gasteiger partial charge is 0.273 e. The van der Waals surface area contributed by atoms with Crippen LogP contribution in [0.1, 0.15) is 32.0 Å². The van der Waals surface area contributed by atoms with E-state index in [1.807, 2.05) is 0 Å². The predicted molar refractivity (Wildman–Crippen MR) is 79.9 cm³/mol. The Hall–Kier alpha value is -2.21. The van der Waals surface area contributed by atoms with Crippen LogP contribution in [-0.2, 0) is 6.54 Å². The first-order valence-corrected chi connectivity index (χ1v) is 6.72. The van der Waals surface area contributed by atoms with Crippen LogP contribution in [0.5, 0.6) is 0 Å². The molecule has 0 amide bonds. The molecule has 21 heavy (non-hydrogen) atoms. The summed E-state index contributed by atoms with van der Waals surface area (Å²) in [5, 5.41) is 14.3. The van der Waals surface area contributed by atoms with E-state index in [-0.39, 0.29) is 11.2 Å². The van der Waals surface area contributed by atoms with Gasteiger partial charge in [-0.2, -0.15) is 0 Å². The number of rotatable bonds is 4. The number of nitro benzene ring substituents is 1. The van der Waals surface area contributed by atoms with Crippen molar-refractivity contribution in [2.75, 3.05) is 0 Å². The van der Waals surface area contributed by atoms with E-state index < -0.39 is 4.92 Å². The zero-order valence-electron chi connectivity index (χ0n) is 12.6. The standard InChI is InChI=1S/C15H19N3O3/c1-10-12(6-5-7-13(10)18(19)20)14-17-11(9-21-14)8-16-15(2,3)4/h5-7,9,16H,8H2,1-4H3. The number of aromatic nitrogens is 1. The lowest BCUT2D eigenvalue weighted by Gasteiger charge is -2.19. The maximum absolute atomic E-state index is 11.0. The molecule has 0 atom stereocenters. The van der Waals surface area contributed by atoms with Crippen LogP contribution in [-0.4, -0.2) is 15.4 Å². The van der Waals surface area contributed by atoms with Gasteiger partial charge in [0.15, 0.2) is 0 Å². The summed E-state index contributed by atoms with van der Waals surface area (Å²) >= 11 is 0. The zero-order chi connectivity index (χ0) is 15.6. The van der Waals surface area contributed by atoms with Crippen molar-refractivity contribution in [3.05, 3.63) is 45.8 Å². The van der Waals surface area contributed by atoms with E-state index in [4.69, 9.17) is 4.42 Å². The molecule has 0 saturated carbocycles. The Balaban J connectivity index is 2.26. The number of hydrogen-bond donors (Lipinski definition) is 1. The molecule has 0 saturated heterocycles. The molecule has 6 heteroatoms. The summed E-state index contributed by atoms with van der Waals surface area (Å²) < 4.78 is 5.46. The van der Waals surface area contributed by atoms with Crippen molar-refractivity contribution in [2.24, 2.45) is 0 Å². The molecular formula is C15H19N3O3. The molecular weight excluding hydrogens is 270 g/mol. The highest BCUT2D eigenvalue weighted by Gasteiger charge is 2.18. The maximum Gasteiger partial charge on any atom is 0.273 e. The van der Waals surface area contributed by atoms with Gasteiger partial charge in [-0.25, -0.2) is 4.98 Å².